The van der Waals surface area contributed by atoms with Gasteiger partial charge >= 0.3 is 0 Å². The number of hydrogen-bond acceptors (Lipinski definition) is 3. The predicted octanol–water partition coefficient (Wildman–Crippen LogP) is 0.863. The average molecular weight is 220 g/mol. The van der Waals surface area contributed by atoms with Crippen molar-refractivity contribution in [2.75, 3.05) is 11.9 Å². The van der Waals surface area contributed by atoms with E-state index in [0.717, 1.165) is 5.56 Å². The number of anilines is 1. The number of nitrogens with one attached hydrogen (secondary N) is 2. The van der Waals surface area contributed by atoms with Gasteiger partial charge in [-0.1, -0.05) is 6.07 Å². The van der Waals surface area contributed by atoms with E-state index in [1.54, 1.807) is 25.1 Å². The van der Waals surface area contributed by atoms with Crippen molar-refractivity contribution < 1.29 is 14.4 Å². The second kappa shape index (κ2) is 4.32. The third-order valence-corrected chi connectivity index (χ3v) is 2.31. The highest BCUT2D eigenvalue weighted by Crippen LogP contribution is 2.23. The van der Waals surface area contributed by atoms with Crippen LogP contribution in [0.5, 0.6) is 0 Å². The molecule has 1 aliphatic rings. The van der Waals surface area contributed by atoms with Crippen LogP contribution in [0.1, 0.15) is 22.8 Å². The molecule has 1 aromatic carbocycles. The summed E-state index contributed by atoms with van der Waals surface area (Å²) in [6.07, 6.45) is 0.378. The van der Waals surface area contributed by atoms with Crippen molar-refractivity contribution in [2.45, 2.75) is 13.3 Å². The van der Waals surface area contributed by atoms with Gasteiger partial charge in [0.25, 0.3) is 5.91 Å². The number of fused-ring (bicyclic) bond motifs is 1. The zero-order valence-corrected chi connectivity index (χ0v) is 8.87. The standard InChI is InChI=1S/C11H12N2O3/c1-2-16-13-11(15)8-4-3-7-6-10(14)12-9(7)5-8/h3-5H,2,6H2,1H3,(H,12,14)(H,13,15). The molecular formula is C11H12N2O3. The highest BCUT2D eigenvalue weighted by Gasteiger charge is 2.18. The maximum atomic E-state index is 11.5. The van der Waals surface area contributed by atoms with Gasteiger partial charge in [-0.25, -0.2) is 5.48 Å². The lowest BCUT2D eigenvalue weighted by molar-refractivity contribution is -0.115. The molecule has 0 saturated carbocycles. The molecule has 0 fully saturated rings. The van der Waals surface area contributed by atoms with Crippen LogP contribution in [0.4, 0.5) is 5.69 Å². The Hall–Kier alpha value is -1.88. The van der Waals surface area contributed by atoms with Gasteiger partial charge in [0.15, 0.2) is 0 Å². The summed E-state index contributed by atoms with van der Waals surface area (Å²) in [5.41, 5.74) is 4.38. The molecule has 0 aromatic heterocycles. The average Bonchev–Trinajstić information content (AvgIpc) is 2.64. The van der Waals surface area contributed by atoms with Crippen molar-refractivity contribution in [1.29, 1.82) is 0 Å². The van der Waals surface area contributed by atoms with Crippen LogP contribution >= 0.6 is 0 Å². The molecule has 0 atom stereocenters. The zero-order chi connectivity index (χ0) is 11.5. The normalized spacial score (nSPS) is 13.2. The SMILES string of the molecule is CCONC(=O)c1ccc2c(c1)NC(=O)C2. The molecule has 0 unspecified atom stereocenters. The number of rotatable bonds is 3. The van der Waals surface area contributed by atoms with Crippen LogP contribution in [0, 0.1) is 0 Å². The summed E-state index contributed by atoms with van der Waals surface area (Å²) in [6, 6.07) is 5.09. The van der Waals surface area contributed by atoms with Gasteiger partial charge in [-0.15, -0.1) is 0 Å². The summed E-state index contributed by atoms with van der Waals surface area (Å²) in [5, 5.41) is 2.69. The quantitative estimate of drug-likeness (QED) is 0.742. The monoisotopic (exact) mass is 220 g/mol. The van der Waals surface area contributed by atoms with E-state index >= 15 is 0 Å². The number of carbonyl (C=O) groups is 2. The number of hydrogen-bond donors (Lipinski definition) is 2. The number of amides is 2. The minimum Gasteiger partial charge on any atom is -0.326 e. The van der Waals surface area contributed by atoms with Crippen molar-refractivity contribution in [3.63, 3.8) is 0 Å². The van der Waals surface area contributed by atoms with Crippen molar-refractivity contribution in [2.24, 2.45) is 0 Å². The Labute approximate surface area is 92.7 Å². The molecule has 1 aliphatic heterocycles. The van der Waals surface area contributed by atoms with Gasteiger partial charge in [0.1, 0.15) is 0 Å². The van der Waals surface area contributed by atoms with Crippen LogP contribution in [0.3, 0.4) is 0 Å². The van der Waals surface area contributed by atoms with Gasteiger partial charge in [0.05, 0.1) is 13.0 Å². The van der Waals surface area contributed by atoms with E-state index in [1.165, 1.54) is 0 Å². The van der Waals surface area contributed by atoms with E-state index in [2.05, 4.69) is 10.8 Å². The lowest BCUT2D eigenvalue weighted by Crippen LogP contribution is -2.23. The van der Waals surface area contributed by atoms with E-state index in [-0.39, 0.29) is 11.8 Å². The zero-order valence-electron chi connectivity index (χ0n) is 8.87. The molecule has 0 radical (unpaired) electrons. The maximum Gasteiger partial charge on any atom is 0.274 e. The molecule has 1 aromatic rings. The van der Waals surface area contributed by atoms with Gasteiger partial charge in [0, 0.05) is 11.3 Å². The van der Waals surface area contributed by atoms with Crippen LogP contribution in [0.2, 0.25) is 0 Å². The lowest BCUT2D eigenvalue weighted by Gasteiger charge is -2.05. The van der Waals surface area contributed by atoms with Crippen LogP contribution in [-0.4, -0.2) is 18.4 Å². The first-order chi connectivity index (χ1) is 7.70. The molecule has 2 rings (SSSR count). The Morgan fingerprint density at radius 3 is 3.12 bits per heavy atom. The fraction of sp³-hybridized carbons (Fsp3) is 0.273. The molecule has 1 heterocycles. The largest absolute Gasteiger partial charge is 0.326 e. The predicted molar refractivity (Wildman–Crippen MR) is 57.9 cm³/mol. The first kappa shape index (κ1) is 10.6. The third-order valence-electron chi connectivity index (χ3n) is 2.31. The van der Waals surface area contributed by atoms with Gasteiger partial charge in [0.2, 0.25) is 5.91 Å². The molecule has 0 saturated heterocycles. The molecule has 16 heavy (non-hydrogen) atoms. The fourth-order valence-corrected chi connectivity index (χ4v) is 1.55. The highest BCUT2D eigenvalue weighted by atomic mass is 16.6. The molecule has 0 spiro atoms. The molecular weight excluding hydrogens is 208 g/mol. The molecule has 2 amide bonds. The van der Waals surface area contributed by atoms with Gasteiger partial charge in [-0.05, 0) is 24.6 Å². The number of hydroxylamine groups is 1. The first-order valence-electron chi connectivity index (χ1n) is 5.05. The van der Waals surface area contributed by atoms with Crippen LogP contribution in [-0.2, 0) is 16.1 Å². The summed E-state index contributed by atoms with van der Waals surface area (Å²) >= 11 is 0. The third kappa shape index (κ3) is 2.04. The smallest absolute Gasteiger partial charge is 0.274 e. The first-order valence-corrected chi connectivity index (χ1v) is 5.05. The van der Waals surface area contributed by atoms with Crippen LogP contribution in [0.15, 0.2) is 18.2 Å². The molecule has 5 heteroatoms. The molecule has 84 valence electrons. The molecule has 0 bridgehead atoms. The van der Waals surface area contributed by atoms with Gasteiger partial charge in [-0.3, -0.25) is 14.4 Å². The lowest BCUT2D eigenvalue weighted by atomic mass is 10.1. The number of carbonyl (C=O) groups excluding carboxylic acids is 2. The second-order valence-electron chi connectivity index (χ2n) is 3.46. The maximum absolute atomic E-state index is 11.5. The summed E-state index contributed by atoms with van der Waals surface area (Å²) in [4.78, 5) is 27.5. The fourth-order valence-electron chi connectivity index (χ4n) is 1.55. The summed E-state index contributed by atoms with van der Waals surface area (Å²) in [6.45, 7) is 2.19. The van der Waals surface area contributed by atoms with Crippen LogP contribution in [0.25, 0.3) is 0 Å². The Bertz CT molecular complexity index is 443. The van der Waals surface area contributed by atoms with Crippen molar-refractivity contribution in [3.8, 4) is 0 Å². The second-order valence-corrected chi connectivity index (χ2v) is 3.46. The minimum absolute atomic E-state index is 0.0441. The van der Waals surface area contributed by atoms with E-state index < -0.39 is 0 Å². The Morgan fingerprint density at radius 2 is 2.38 bits per heavy atom. The Morgan fingerprint density at radius 1 is 1.56 bits per heavy atom. The molecule has 5 nitrogen and oxygen atoms in total. The summed E-state index contributed by atoms with van der Waals surface area (Å²) < 4.78 is 0. The van der Waals surface area contributed by atoms with Gasteiger partial charge in [-0.2, -0.15) is 0 Å². The van der Waals surface area contributed by atoms with Crippen molar-refractivity contribution in [3.05, 3.63) is 29.3 Å². The topological polar surface area (TPSA) is 67.4 Å². The van der Waals surface area contributed by atoms with E-state index in [1.807, 2.05) is 0 Å². The highest BCUT2D eigenvalue weighted by molar-refractivity contribution is 6.02. The van der Waals surface area contributed by atoms with E-state index in [4.69, 9.17) is 4.84 Å². The Balaban J connectivity index is 2.16. The van der Waals surface area contributed by atoms with Crippen LogP contribution < -0.4 is 10.8 Å². The number of benzene rings is 1. The van der Waals surface area contributed by atoms with Gasteiger partial charge < -0.3 is 5.32 Å². The molecule has 2 N–H and O–H groups in total. The summed E-state index contributed by atoms with van der Waals surface area (Å²) in [5.74, 6) is -0.358. The molecule has 0 aliphatic carbocycles. The van der Waals surface area contributed by atoms with Crippen molar-refractivity contribution >= 4 is 17.5 Å². The van der Waals surface area contributed by atoms with E-state index in [0.29, 0.717) is 24.3 Å². The minimum atomic E-state index is -0.314. The summed E-state index contributed by atoms with van der Waals surface area (Å²) in [7, 11) is 0. The van der Waals surface area contributed by atoms with E-state index in [9.17, 15) is 9.59 Å². The van der Waals surface area contributed by atoms with Crippen molar-refractivity contribution in [1.82, 2.24) is 5.48 Å². The Kier molecular flexibility index (Phi) is 2.87.